The molecule has 3 rings (SSSR count). The number of rotatable bonds is 9. The molecule has 1 aromatic heterocycles. The maximum Gasteiger partial charge on any atom is 0.244 e. The van der Waals surface area contributed by atoms with Gasteiger partial charge in [0.05, 0.1) is 51.6 Å². The number of carbonyl (C=O) groups excluding carboxylic acids is 1. The Hall–Kier alpha value is -3.72. The molecule has 3 aromatic rings. The van der Waals surface area contributed by atoms with Gasteiger partial charge in [-0.1, -0.05) is 0 Å². The van der Waals surface area contributed by atoms with E-state index in [-0.39, 0.29) is 19.1 Å². The van der Waals surface area contributed by atoms with Crippen molar-refractivity contribution in [2.45, 2.75) is 0 Å². The second-order valence-electron chi connectivity index (χ2n) is 6.45. The summed E-state index contributed by atoms with van der Waals surface area (Å²) in [4.78, 5) is 19.7. The van der Waals surface area contributed by atoms with Gasteiger partial charge in [0.1, 0.15) is 17.3 Å². The topological polar surface area (TPSA) is 115 Å². The third kappa shape index (κ3) is 4.72. The molecule has 0 aliphatic heterocycles. The van der Waals surface area contributed by atoms with Crippen LogP contribution >= 0.6 is 0 Å². The largest absolute Gasteiger partial charge is 0.496 e. The predicted octanol–water partition coefficient (Wildman–Crippen LogP) is 2.39. The fourth-order valence-corrected chi connectivity index (χ4v) is 3.11. The molecule has 164 valence electrons. The summed E-state index contributed by atoms with van der Waals surface area (Å²) in [6, 6.07) is 7.15. The first-order valence-electron chi connectivity index (χ1n) is 9.49. The van der Waals surface area contributed by atoms with E-state index in [0.29, 0.717) is 45.5 Å². The summed E-state index contributed by atoms with van der Waals surface area (Å²) in [6.45, 7) is 0.0712. The minimum atomic E-state index is -0.309. The Morgan fingerprint density at radius 2 is 1.68 bits per heavy atom. The van der Waals surface area contributed by atoms with Gasteiger partial charge in [-0.25, -0.2) is 4.98 Å². The predicted molar refractivity (Wildman–Crippen MR) is 117 cm³/mol. The third-order valence-electron chi connectivity index (χ3n) is 4.62. The zero-order valence-corrected chi connectivity index (χ0v) is 17.8. The average molecular weight is 427 g/mol. The van der Waals surface area contributed by atoms with Gasteiger partial charge in [0.15, 0.2) is 11.5 Å². The molecule has 0 spiro atoms. The molecule has 9 heteroatoms. The number of hydrogen-bond acceptors (Lipinski definition) is 7. The van der Waals surface area contributed by atoms with Gasteiger partial charge in [-0.3, -0.25) is 4.79 Å². The van der Waals surface area contributed by atoms with Crippen LogP contribution < -0.4 is 24.3 Å². The smallest absolute Gasteiger partial charge is 0.244 e. The van der Waals surface area contributed by atoms with Crippen molar-refractivity contribution in [1.82, 2.24) is 15.3 Å². The maximum absolute atomic E-state index is 11.8. The molecular weight excluding hydrogens is 402 g/mol. The van der Waals surface area contributed by atoms with Crippen molar-refractivity contribution >= 4 is 23.0 Å². The number of nitrogens with zero attached hydrogens (tertiary/aromatic N) is 1. The van der Waals surface area contributed by atoms with Crippen LogP contribution in [0.15, 0.2) is 30.3 Å². The van der Waals surface area contributed by atoms with Crippen LogP contribution in [-0.4, -0.2) is 62.6 Å². The quantitative estimate of drug-likeness (QED) is 0.449. The number of nitrogens with one attached hydrogen (secondary N) is 2. The van der Waals surface area contributed by atoms with Gasteiger partial charge in [0.2, 0.25) is 5.91 Å². The number of aromatic amines is 1. The van der Waals surface area contributed by atoms with Crippen LogP contribution in [0.3, 0.4) is 0 Å². The molecule has 0 atom stereocenters. The number of ether oxygens (including phenoxy) is 4. The number of amides is 1. The second kappa shape index (κ2) is 9.86. The SMILES string of the molecule is COc1cc2nc(-c3cc(OC)c(OC)cc3OC)[nH]c2cc1/C=C/C(=O)NCCO. The number of aromatic nitrogens is 2. The van der Waals surface area contributed by atoms with E-state index in [9.17, 15) is 4.79 Å². The van der Waals surface area contributed by atoms with E-state index in [0.717, 1.165) is 5.52 Å². The van der Waals surface area contributed by atoms with Crippen molar-refractivity contribution < 1.29 is 28.8 Å². The molecule has 2 aromatic carbocycles. The Balaban J connectivity index is 2.04. The van der Waals surface area contributed by atoms with Crippen molar-refractivity contribution in [1.29, 1.82) is 0 Å². The third-order valence-corrected chi connectivity index (χ3v) is 4.62. The van der Waals surface area contributed by atoms with Gasteiger partial charge in [0, 0.05) is 30.3 Å². The highest BCUT2D eigenvalue weighted by atomic mass is 16.5. The van der Waals surface area contributed by atoms with E-state index in [2.05, 4.69) is 15.3 Å². The number of hydrogen-bond donors (Lipinski definition) is 3. The van der Waals surface area contributed by atoms with Crippen LogP contribution in [0.1, 0.15) is 5.56 Å². The molecule has 0 saturated carbocycles. The maximum atomic E-state index is 11.8. The highest BCUT2D eigenvalue weighted by Crippen LogP contribution is 2.40. The van der Waals surface area contributed by atoms with Gasteiger partial charge in [-0.05, 0) is 18.2 Å². The molecule has 31 heavy (non-hydrogen) atoms. The normalized spacial score (nSPS) is 11.0. The van der Waals surface area contributed by atoms with Crippen molar-refractivity contribution in [2.75, 3.05) is 41.6 Å². The molecule has 3 N–H and O–H groups in total. The molecule has 0 unspecified atom stereocenters. The summed E-state index contributed by atoms with van der Waals surface area (Å²) in [7, 11) is 6.24. The lowest BCUT2D eigenvalue weighted by molar-refractivity contribution is -0.116. The minimum Gasteiger partial charge on any atom is -0.496 e. The highest BCUT2D eigenvalue weighted by Gasteiger charge is 2.17. The molecular formula is C22H25N3O6. The zero-order chi connectivity index (χ0) is 22.4. The molecule has 0 fully saturated rings. The second-order valence-corrected chi connectivity index (χ2v) is 6.45. The minimum absolute atomic E-state index is 0.120. The van der Waals surface area contributed by atoms with Crippen LogP contribution in [0, 0.1) is 0 Å². The Morgan fingerprint density at radius 1 is 1.00 bits per heavy atom. The van der Waals surface area contributed by atoms with Gasteiger partial charge < -0.3 is 34.4 Å². The number of fused-ring (bicyclic) bond motifs is 1. The first kappa shape index (κ1) is 22.0. The molecule has 9 nitrogen and oxygen atoms in total. The number of aliphatic hydroxyl groups is 1. The Labute approximate surface area is 179 Å². The van der Waals surface area contributed by atoms with E-state index < -0.39 is 0 Å². The van der Waals surface area contributed by atoms with E-state index in [1.807, 2.05) is 6.07 Å². The number of H-pyrrole nitrogens is 1. The van der Waals surface area contributed by atoms with Gasteiger partial charge >= 0.3 is 0 Å². The average Bonchev–Trinajstić information content (AvgIpc) is 3.22. The summed E-state index contributed by atoms with van der Waals surface area (Å²) in [5.74, 6) is 2.51. The first-order valence-corrected chi connectivity index (χ1v) is 9.49. The van der Waals surface area contributed by atoms with E-state index in [4.69, 9.17) is 24.1 Å². The van der Waals surface area contributed by atoms with Crippen LogP contribution in [0.25, 0.3) is 28.5 Å². The van der Waals surface area contributed by atoms with Crippen LogP contribution in [-0.2, 0) is 4.79 Å². The van der Waals surface area contributed by atoms with Crippen molar-refractivity contribution in [3.05, 3.63) is 35.9 Å². The summed E-state index contributed by atoms with van der Waals surface area (Å²) in [5.41, 5.74) is 2.84. The number of methoxy groups -OCH3 is 4. The highest BCUT2D eigenvalue weighted by molar-refractivity contribution is 5.93. The molecule has 0 radical (unpaired) electrons. The van der Waals surface area contributed by atoms with Crippen LogP contribution in [0.4, 0.5) is 0 Å². The number of imidazole rings is 1. The summed E-state index contributed by atoms with van der Waals surface area (Å²) in [6.07, 6.45) is 3.02. The lowest BCUT2D eigenvalue weighted by Gasteiger charge is -2.12. The number of benzene rings is 2. The van der Waals surface area contributed by atoms with Crippen molar-refractivity contribution in [3.63, 3.8) is 0 Å². The van der Waals surface area contributed by atoms with Crippen LogP contribution in [0.2, 0.25) is 0 Å². The molecule has 0 bridgehead atoms. The molecule has 0 aliphatic rings. The summed E-state index contributed by atoms with van der Waals surface area (Å²) >= 11 is 0. The Bertz CT molecular complexity index is 1110. The summed E-state index contributed by atoms with van der Waals surface area (Å²) in [5, 5.41) is 11.4. The fourth-order valence-electron chi connectivity index (χ4n) is 3.11. The first-order chi connectivity index (χ1) is 15.0. The molecule has 0 aliphatic carbocycles. The van der Waals surface area contributed by atoms with E-state index >= 15 is 0 Å². The number of aliphatic hydroxyl groups excluding tert-OH is 1. The van der Waals surface area contributed by atoms with Crippen LogP contribution in [0.5, 0.6) is 23.0 Å². The lowest BCUT2D eigenvalue weighted by atomic mass is 10.1. The number of carbonyl (C=O) groups is 1. The Kier molecular flexibility index (Phi) is 6.99. The van der Waals surface area contributed by atoms with Gasteiger partial charge in [-0.2, -0.15) is 0 Å². The lowest BCUT2D eigenvalue weighted by Crippen LogP contribution is -2.24. The summed E-state index contributed by atoms with van der Waals surface area (Å²) < 4.78 is 21.7. The van der Waals surface area contributed by atoms with E-state index in [1.54, 1.807) is 52.7 Å². The van der Waals surface area contributed by atoms with Gasteiger partial charge in [0.25, 0.3) is 0 Å². The van der Waals surface area contributed by atoms with Crippen molar-refractivity contribution in [3.8, 4) is 34.4 Å². The fraction of sp³-hybridized carbons (Fsp3) is 0.273. The molecule has 0 saturated heterocycles. The molecule has 1 amide bonds. The monoisotopic (exact) mass is 427 g/mol. The Morgan fingerprint density at radius 3 is 2.32 bits per heavy atom. The van der Waals surface area contributed by atoms with Gasteiger partial charge in [-0.15, -0.1) is 0 Å². The van der Waals surface area contributed by atoms with Crippen molar-refractivity contribution in [2.24, 2.45) is 0 Å². The zero-order valence-electron chi connectivity index (χ0n) is 17.8. The van der Waals surface area contributed by atoms with E-state index in [1.165, 1.54) is 6.08 Å². The standard InChI is InChI=1S/C22H25N3O6/c1-28-17-11-16-15(9-13(17)5-6-21(27)23-7-8-26)24-22(25-16)14-10-19(30-3)20(31-4)12-18(14)29-2/h5-6,9-12,26H,7-8H2,1-4H3,(H,23,27)(H,24,25)/b6-5+. The molecule has 1 heterocycles.